The maximum Gasteiger partial charge on any atom is 0.253 e. The number of methoxy groups -OCH3 is 2. The number of ether oxygens (including phenoxy) is 3. The van der Waals surface area contributed by atoms with E-state index < -0.39 is 21.7 Å². The Bertz CT molecular complexity index is 1070. The fraction of sp³-hybridized carbons (Fsp3) is 0.409. The van der Waals surface area contributed by atoms with Crippen molar-refractivity contribution in [3.05, 3.63) is 53.3 Å². The molecule has 10 heteroatoms. The van der Waals surface area contributed by atoms with Crippen molar-refractivity contribution in [1.82, 2.24) is 5.32 Å². The van der Waals surface area contributed by atoms with Crippen LogP contribution in [0.5, 0.6) is 11.5 Å². The molecule has 0 radical (unpaired) electrons. The highest BCUT2D eigenvalue weighted by molar-refractivity contribution is 7.92. The predicted octanol–water partition coefficient (Wildman–Crippen LogP) is 2.72. The second-order valence-corrected chi connectivity index (χ2v) is 9.34. The van der Waals surface area contributed by atoms with Crippen LogP contribution in [0.15, 0.2) is 36.4 Å². The molecule has 0 saturated carbocycles. The first-order chi connectivity index (χ1) is 15.2. The van der Waals surface area contributed by atoms with Gasteiger partial charge in [0.1, 0.15) is 5.82 Å². The van der Waals surface area contributed by atoms with E-state index in [1.165, 1.54) is 44.6 Å². The third kappa shape index (κ3) is 5.49. The minimum absolute atomic E-state index is 0.0539. The Labute approximate surface area is 187 Å². The first kappa shape index (κ1) is 23.8. The van der Waals surface area contributed by atoms with Gasteiger partial charge in [-0.3, -0.25) is 9.10 Å². The second-order valence-electron chi connectivity index (χ2n) is 7.43. The van der Waals surface area contributed by atoms with E-state index in [4.69, 9.17) is 14.2 Å². The van der Waals surface area contributed by atoms with Crippen molar-refractivity contribution in [3.8, 4) is 11.5 Å². The van der Waals surface area contributed by atoms with Crippen LogP contribution in [0.3, 0.4) is 0 Å². The lowest BCUT2D eigenvalue weighted by Crippen LogP contribution is -2.35. The molecule has 2 aromatic carbocycles. The first-order valence-corrected chi connectivity index (χ1v) is 12.0. The summed E-state index contributed by atoms with van der Waals surface area (Å²) in [6.07, 6.45) is 2.67. The highest BCUT2D eigenvalue weighted by Gasteiger charge is 2.28. The van der Waals surface area contributed by atoms with Crippen molar-refractivity contribution >= 4 is 21.6 Å². The van der Waals surface area contributed by atoms with E-state index in [-0.39, 0.29) is 41.0 Å². The van der Waals surface area contributed by atoms with E-state index in [9.17, 15) is 17.6 Å². The van der Waals surface area contributed by atoms with Crippen LogP contribution in [0.25, 0.3) is 0 Å². The molecule has 1 amide bonds. The number of halogens is 1. The zero-order valence-corrected chi connectivity index (χ0v) is 19.1. The minimum atomic E-state index is -3.90. The number of hydrogen-bond donors (Lipinski definition) is 1. The summed E-state index contributed by atoms with van der Waals surface area (Å²) in [7, 11) is -1.08. The van der Waals surface area contributed by atoms with Gasteiger partial charge in [0.2, 0.25) is 10.0 Å². The molecule has 2 aromatic rings. The summed E-state index contributed by atoms with van der Waals surface area (Å²) in [5, 5.41) is 2.80. The number of nitrogens with one attached hydrogen (secondary N) is 1. The number of hydrogen-bond acceptors (Lipinski definition) is 6. The normalized spacial score (nSPS) is 15.9. The summed E-state index contributed by atoms with van der Waals surface area (Å²) < 4.78 is 56.9. The van der Waals surface area contributed by atoms with Crippen LogP contribution >= 0.6 is 0 Å². The Morgan fingerprint density at radius 2 is 1.91 bits per heavy atom. The average molecular weight is 467 g/mol. The molecule has 32 heavy (non-hydrogen) atoms. The largest absolute Gasteiger partial charge is 0.493 e. The van der Waals surface area contributed by atoms with Crippen molar-refractivity contribution in [2.75, 3.05) is 37.9 Å². The summed E-state index contributed by atoms with van der Waals surface area (Å²) in [6, 6.07) is 8.69. The lowest BCUT2D eigenvalue weighted by molar-refractivity contribution is 0.0858. The molecule has 1 aliphatic heterocycles. The maximum atomic E-state index is 14.3. The fourth-order valence-electron chi connectivity index (χ4n) is 3.53. The molecule has 3 rings (SSSR count). The van der Waals surface area contributed by atoms with E-state index in [2.05, 4.69) is 5.32 Å². The number of rotatable bonds is 9. The average Bonchev–Trinajstić information content (AvgIpc) is 3.29. The number of sulfonamides is 1. The van der Waals surface area contributed by atoms with E-state index in [0.717, 1.165) is 23.4 Å². The molecule has 0 aliphatic carbocycles. The van der Waals surface area contributed by atoms with Crippen molar-refractivity contribution in [1.29, 1.82) is 0 Å². The molecule has 1 saturated heterocycles. The monoisotopic (exact) mass is 466 g/mol. The Morgan fingerprint density at radius 3 is 2.50 bits per heavy atom. The van der Waals surface area contributed by atoms with Gasteiger partial charge in [-0.25, -0.2) is 12.8 Å². The SMILES string of the molecule is COc1cc(C(=O)NCC2CCCO2)c(N(Cc2ccccc2F)S(C)(=O)=O)cc1OC. The van der Waals surface area contributed by atoms with Crippen molar-refractivity contribution < 1.29 is 31.8 Å². The molecular formula is C22H27FN2O6S. The van der Waals surface area contributed by atoms with Crippen LogP contribution in [0.1, 0.15) is 28.8 Å². The van der Waals surface area contributed by atoms with Crippen LogP contribution in [0.2, 0.25) is 0 Å². The summed E-state index contributed by atoms with van der Waals surface area (Å²) in [5.74, 6) is -0.553. The summed E-state index contributed by atoms with van der Waals surface area (Å²) in [6.45, 7) is 0.637. The van der Waals surface area contributed by atoms with Gasteiger partial charge in [-0.15, -0.1) is 0 Å². The van der Waals surface area contributed by atoms with Gasteiger partial charge in [0.15, 0.2) is 11.5 Å². The highest BCUT2D eigenvalue weighted by Crippen LogP contribution is 2.37. The number of amides is 1. The molecule has 1 N–H and O–H groups in total. The van der Waals surface area contributed by atoms with Gasteiger partial charge < -0.3 is 19.5 Å². The molecule has 0 aromatic heterocycles. The molecule has 0 bridgehead atoms. The Hall–Kier alpha value is -2.85. The van der Waals surface area contributed by atoms with Gasteiger partial charge in [0.25, 0.3) is 5.91 Å². The Morgan fingerprint density at radius 1 is 1.22 bits per heavy atom. The quantitative estimate of drug-likeness (QED) is 0.611. The number of benzene rings is 2. The van der Waals surface area contributed by atoms with Crippen LogP contribution in [-0.4, -0.2) is 54.1 Å². The van der Waals surface area contributed by atoms with Gasteiger partial charge >= 0.3 is 0 Å². The molecule has 1 unspecified atom stereocenters. The van der Waals surface area contributed by atoms with Crippen LogP contribution in [-0.2, 0) is 21.3 Å². The standard InChI is InChI=1S/C22H27FN2O6S/c1-29-20-11-17(22(26)24-13-16-8-6-10-31-16)19(12-21(20)30-2)25(32(3,27)28)14-15-7-4-5-9-18(15)23/h4-5,7,9,11-12,16H,6,8,10,13-14H2,1-3H3,(H,24,26). The molecule has 174 valence electrons. The number of carbonyl (C=O) groups is 1. The van der Waals surface area contributed by atoms with Crippen LogP contribution < -0.4 is 19.1 Å². The van der Waals surface area contributed by atoms with Gasteiger partial charge in [0.05, 0.1) is 44.4 Å². The number of nitrogens with zero attached hydrogens (tertiary/aromatic N) is 1. The van der Waals surface area contributed by atoms with E-state index in [1.54, 1.807) is 6.07 Å². The smallest absolute Gasteiger partial charge is 0.253 e. The minimum Gasteiger partial charge on any atom is -0.493 e. The highest BCUT2D eigenvalue weighted by atomic mass is 32.2. The van der Waals surface area contributed by atoms with Gasteiger partial charge in [0, 0.05) is 24.8 Å². The number of anilines is 1. The molecule has 0 spiro atoms. The van der Waals surface area contributed by atoms with Crippen molar-refractivity contribution in [2.45, 2.75) is 25.5 Å². The van der Waals surface area contributed by atoms with E-state index >= 15 is 0 Å². The summed E-state index contributed by atoms with van der Waals surface area (Å²) in [5.41, 5.74) is 0.277. The lowest BCUT2D eigenvalue weighted by Gasteiger charge is -2.26. The molecule has 1 atom stereocenters. The van der Waals surface area contributed by atoms with Crippen molar-refractivity contribution in [3.63, 3.8) is 0 Å². The summed E-state index contributed by atoms with van der Waals surface area (Å²) >= 11 is 0. The molecule has 8 nitrogen and oxygen atoms in total. The van der Waals surface area contributed by atoms with E-state index in [1.807, 2.05) is 0 Å². The van der Waals surface area contributed by atoms with Crippen molar-refractivity contribution in [2.24, 2.45) is 0 Å². The molecule has 1 aliphatic rings. The van der Waals surface area contributed by atoms with Gasteiger partial charge in [-0.2, -0.15) is 0 Å². The lowest BCUT2D eigenvalue weighted by atomic mass is 10.1. The zero-order chi connectivity index (χ0) is 23.3. The predicted molar refractivity (Wildman–Crippen MR) is 118 cm³/mol. The first-order valence-electron chi connectivity index (χ1n) is 10.1. The van der Waals surface area contributed by atoms with Crippen LogP contribution in [0.4, 0.5) is 10.1 Å². The number of carbonyl (C=O) groups excluding carboxylic acids is 1. The second kappa shape index (κ2) is 10.2. The topological polar surface area (TPSA) is 94.2 Å². The summed E-state index contributed by atoms with van der Waals surface area (Å²) in [4.78, 5) is 13.1. The van der Waals surface area contributed by atoms with Gasteiger partial charge in [-0.05, 0) is 25.0 Å². The zero-order valence-electron chi connectivity index (χ0n) is 18.3. The third-order valence-electron chi connectivity index (χ3n) is 5.20. The Balaban J connectivity index is 2.05. The Kier molecular flexibility index (Phi) is 7.57. The molecular weight excluding hydrogens is 439 g/mol. The molecule has 1 heterocycles. The van der Waals surface area contributed by atoms with E-state index in [0.29, 0.717) is 13.2 Å². The molecule has 1 fully saturated rings. The van der Waals surface area contributed by atoms with Crippen LogP contribution in [0, 0.1) is 5.82 Å². The maximum absolute atomic E-state index is 14.3. The van der Waals surface area contributed by atoms with Gasteiger partial charge in [-0.1, -0.05) is 18.2 Å². The third-order valence-corrected chi connectivity index (χ3v) is 6.33. The fourth-order valence-corrected chi connectivity index (χ4v) is 4.41.